The number of hydrogen-bond donors (Lipinski definition) is 3. The van der Waals surface area contributed by atoms with Crippen LogP contribution in [0.15, 0.2) is 24.3 Å². The third-order valence-electron chi connectivity index (χ3n) is 7.08. The van der Waals surface area contributed by atoms with Crippen molar-refractivity contribution in [1.29, 1.82) is 0 Å². The van der Waals surface area contributed by atoms with Crippen molar-refractivity contribution in [3.05, 3.63) is 24.3 Å². The molecule has 0 bridgehead atoms. The van der Waals surface area contributed by atoms with E-state index in [0.717, 1.165) is 77.0 Å². The van der Waals surface area contributed by atoms with Crippen molar-refractivity contribution in [1.82, 2.24) is 5.32 Å². The third kappa shape index (κ3) is 31.9. The number of amides is 1. The molecule has 10 heteroatoms. The second-order valence-electron chi connectivity index (χ2n) is 11.5. The van der Waals surface area contributed by atoms with Gasteiger partial charge in [-0.25, -0.2) is 4.57 Å². The summed E-state index contributed by atoms with van der Waals surface area (Å²) in [6.45, 7) is 3.43. The number of phosphoric ester groups is 1. The standard InChI is InChI=1S/C34H64NO8P/c1-3-5-7-9-11-13-15-16-17-18-20-22-24-26-33(37)35-28-29-42-44(39,40)43-31-32(36)30-41-34(38)27-25-23-21-19-14-12-10-8-6-4-2/h8,10,13,15,32,36H,3-7,9,11-12,14,16-31H2,1-2H3,(H,35,37)(H,39,40)/b10-8-,15-13-. The largest absolute Gasteiger partial charge is 0.472 e. The van der Waals surface area contributed by atoms with E-state index < -0.39 is 26.5 Å². The monoisotopic (exact) mass is 645 g/mol. The highest BCUT2D eigenvalue weighted by molar-refractivity contribution is 7.47. The van der Waals surface area contributed by atoms with Crippen molar-refractivity contribution < 1.29 is 37.9 Å². The van der Waals surface area contributed by atoms with E-state index in [1.807, 2.05) is 0 Å². The maximum atomic E-state index is 12.0. The normalized spacial score (nSPS) is 13.8. The zero-order valence-electron chi connectivity index (χ0n) is 27.9. The van der Waals surface area contributed by atoms with Crippen LogP contribution in [0.1, 0.15) is 149 Å². The first kappa shape index (κ1) is 42.5. The zero-order valence-corrected chi connectivity index (χ0v) is 28.7. The molecular formula is C34H64NO8P. The lowest BCUT2D eigenvalue weighted by atomic mass is 10.1. The molecule has 2 unspecified atom stereocenters. The SMILES string of the molecule is CCC/C=C\CCCCCCCC(=O)OCC(O)COP(=O)(O)OCCNC(=O)CCCCCCC/C=C\CCCCCC. The summed E-state index contributed by atoms with van der Waals surface area (Å²) in [6, 6.07) is 0. The number of carbonyl (C=O) groups excluding carboxylic acids is 2. The molecule has 0 aromatic carbocycles. The molecule has 0 heterocycles. The fourth-order valence-electron chi connectivity index (χ4n) is 4.43. The molecule has 258 valence electrons. The number of rotatable bonds is 32. The molecule has 0 rings (SSSR count). The molecule has 0 saturated heterocycles. The number of allylic oxidation sites excluding steroid dienone is 4. The van der Waals surface area contributed by atoms with Gasteiger partial charge in [-0.1, -0.05) is 102 Å². The molecule has 3 N–H and O–H groups in total. The van der Waals surface area contributed by atoms with Crippen molar-refractivity contribution in [2.75, 3.05) is 26.4 Å². The first-order valence-corrected chi connectivity index (χ1v) is 18.8. The van der Waals surface area contributed by atoms with Gasteiger partial charge in [0.1, 0.15) is 12.7 Å². The Morgan fingerprint density at radius 3 is 1.80 bits per heavy atom. The summed E-state index contributed by atoms with van der Waals surface area (Å²) in [4.78, 5) is 33.6. The molecule has 0 aliphatic carbocycles. The summed E-state index contributed by atoms with van der Waals surface area (Å²) >= 11 is 0. The summed E-state index contributed by atoms with van der Waals surface area (Å²) in [7, 11) is -4.41. The van der Waals surface area contributed by atoms with Gasteiger partial charge in [0.05, 0.1) is 13.2 Å². The Morgan fingerprint density at radius 1 is 0.682 bits per heavy atom. The third-order valence-corrected chi connectivity index (χ3v) is 8.07. The maximum absolute atomic E-state index is 12.0. The van der Waals surface area contributed by atoms with Crippen LogP contribution in [-0.4, -0.2) is 54.3 Å². The lowest BCUT2D eigenvalue weighted by molar-refractivity contribution is -0.147. The van der Waals surface area contributed by atoms with Crippen LogP contribution in [0, 0.1) is 0 Å². The molecule has 0 aromatic rings. The van der Waals surface area contributed by atoms with E-state index in [4.69, 9.17) is 13.8 Å². The lowest BCUT2D eigenvalue weighted by Gasteiger charge is -2.15. The number of phosphoric acid groups is 1. The first-order valence-electron chi connectivity index (χ1n) is 17.3. The summed E-state index contributed by atoms with van der Waals surface area (Å²) in [5, 5.41) is 12.6. The van der Waals surface area contributed by atoms with Gasteiger partial charge < -0.3 is 20.1 Å². The highest BCUT2D eigenvalue weighted by Crippen LogP contribution is 2.42. The van der Waals surface area contributed by atoms with Crippen molar-refractivity contribution in [3.8, 4) is 0 Å². The highest BCUT2D eigenvalue weighted by Gasteiger charge is 2.23. The van der Waals surface area contributed by atoms with Crippen molar-refractivity contribution in [2.45, 2.75) is 155 Å². The molecule has 1 amide bonds. The minimum atomic E-state index is -4.41. The molecule has 0 radical (unpaired) electrons. The fourth-order valence-corrected chi connectivity index (χ4v) is 5.19. The number of hydrogen-bond acceptors (Lipinski definition) is 7. The Labute approximate surface area is 268 Å². The Hall–Kier alpha value is -1.51. The molecule has 44 heavy (non-hydrogen) atoms. The molecule has 9 nitrogen and oxygen atoms in total. The van der Waals surface area contributed by atoms with Gasteiger partial charge in [0.2, 0.25) is 5.91 Å². The van der Waals surface area contributed by atoms with Gasteiger partial charge >= 0.3 is 13.8 Å². The molecule has 0 aliphatic heterocycles. The van der Waals surface area contributed by atoms with E-state index >= 15 is 0 Å². The minimum absolute atomic E-state index is 0.0771. The van der Waals surface area contributed by atoms with E-state index in [1.165, 1.54) is 44.9 Å². The average molecular weight is 646 g/mol. The Kier molecular flexibility index (Phi) is 30.4. The van der Waals surface area contributed by atoms with Crippen molar-refractivity contribution in [3.63, 3.8) is 0 Å². The number of esters is 1. The first-order chi connectivity index (χ1) is 21.3. The molecule has 0 fully saturated rings. The summed E-state index contributed by atoms with van der Waals surface area (Å²) in [6.07, 6.45) is 29.7. The number of nitrogens with one attached hydrogen (secondary N) is 1. The van der Waals surface area contributed by atoms with Gasteiger partial charge in [-0.3, -0.25) is 18.6 Å². The number of aliphatic hydroxyl groups is 1. The predicted octanol–water partition coefficient (Wildman–Crippen LogP) is 8.48. The van der Waals surface area contributed by atoms with Gasteiger partial charge in [-0.15, -0.1) is 0 Å². The van der Waals surface area contributed by atoms with E-state index in [1.54, 1.807) is 0 Å². The fraction of sp³-hybridized carbons (Fsp3) is 0.824. The van der Waals surface area contributed by atoms with E-state index in [9.17, 15) is 24.2 Å². The van der Waals surface area contributed by atoms with Crippen molar-refractivity contribution in [2.24, 2.45) is 0 Å². The van der Waals surface area contributed by atoms with Gasteiger partial charge in [0, 0.05) is 19.4 Å². The second-order valence-corrected chi connectivity index (χ2v) is 12.9. The predicted molar refractivity (Wildman–Crippen MR) is 178 cm³/mol. The quantitative estimate of drug-likeness (QED) is 0.0287. The summed E-state index contributed by atoms with van der Waals surface area (Å²) in [5.74, 6) is -0.539. The smallest absolute Gasteiger partial charge is 0.463 e. The van der Waals surface area contributed by atoms with E-state index in [0.29, 0.717) is 6.42 Å². The Bertz CT molecular complexity index is 789. The van der Waals surface area contributed by atoms with E-state index in [2.05, 4.69) is 43.5 Å². The molecule has 0 aromatic heterocycles. The number of unbranched alkanes of at least 4 members (excludes halogenated alkanes) is 15. The van der Waals surface area contributed by atoms with Gasteiger partial charge in [0.15, 0.2) is 0 Å². The molecule has 2 atom stereocenters. The van der Waals surface area contributed by atoms with Crippen LogP contribution in [0.3, 0.4) is 0 Å². The molecule has 0 saturated carbocycles. The Balaban J connectivity index is 3.66. The van der Waals surface area contributed by atoms with Crippen LogP contribution in [-0.2, 0) is 27.9 Å². The number of aliphatic hydroxyl groups excluding tert-OH is 1. The maximum Gasteiger partial charge on any atom is 0.472 e. The van der Waals surface area contributed by atoms with Gasteiger partial charge in [0.25, 0.3) is 0 Å². The van der Waals surface area contributed by atoms with Crippen LogP contribution in [0.2, 0.25) is 0 Å². The molecular weight excluding hydrogens is 581 g/mol. The average Bonchev–Trinajstić information content (AvgIpc) is 3.00. The summed E-state index contributed by atoms with van der Waals surface area (Å²) in [5.41, 5.74) is 0. The second kappa shape index (κ2) is 31.5. The topological polar surface area (TPSA) is 131 Å². The van der Waals surface area contributed by atoms with Gasteiger partial charge in [-0.2, -0.15) is 0 Å². The van der Waals surface area contributed by atoms with Crippen LogP contribution >= 0.6 is 7.82 Å². The summed E-state index contributed by atoms with van der Waals surface area (Å²) < 4.78 is 26.6. The highest BCUT2D eigenvalue weighted by atomic mass is 31.2. The minimum Gasteiger partial charge on any atom is -0.463 e. The molecule has 0 aliphatic rings. The lowest BCUT2D eigenvalue weighted by Crippen LogP contribution is -2.27. The van der Waals surface area contributed by atoms with Crippen LogP contribution in [0.4, 0.5) is 0 Å². The molecule has 0 spiro atoms. The van der Waals surface area contributed by atoms with E-state index in [-0.39, 0.29) is 32.1 Å². The van der Waals surface area contributed by atoms with Crippen LogP contribution in [0.5, 0.6) is 0 Å². The Morgan fingerprint density at radius 2 is 1.20 bits per heavy atom. The number of ether oxygens (including phenoxy) is 1. The van der Waals surface area contributed by atoms with Gasteiger partial charge in [-0.05, 0) is 57.8 Å². The zero-order chi connectivity index (χ0) is 32.6. The van der Waals surface area contributed by atoms with Crippen LogP contribution < -0.4 is 5.32 Å². The van der Waals surface area contributed by atoms with Crippen molar-refractivity contribution >= 4 is 19.7 Å². The number of carbonyl (C=O) groups is 2. The van der Waals surface area contributed by atoms with Crippen LogP contribution in [0.25, 0.3) is 0 Å².